The minimum absolute atomic E-state index is 0.00782. The monoisotopic (exact) mass is 450 g/mol. The Balaban J connectivity index is 1.84. The molecule has 0 radical (unpaired) electrons. The van der Waals surface area contributed by atoms with E-state index in [0.29, 0.717) is 17.9 Å². The Morgan fingerprint density at radius 1 is 1.10 bits per heavy atom. The summed E-state index contributed by atoms with van der Waals surface area (Å²) in [6.07, 6.45) is 1.42. The number of hydrogen-bond acceptors (Lipinski definition) is 3. The van der Waals surface area contributed by atoms with Crippen molar-refractivity contribution in [3.63, 3.8) is 0 Å². The van der Waals surface area contributed by atoms with Gasteiger partial charge in [-0.2, -0.15) is 5.26 Å². The predicted molar refractivity (Wildman–Crippen MR) is 114 cm³/mol. The number of nitrogens with one attached hydrogen (secondary N) is 1. The van der Waals surface area contributed by atoms with E-state index in [0.717, 1.165) is 10.0 Å². The number of carbonyl (C=O) groups is 1. The van der Waals surface area contributed by atoms with Gasteiger partial charge in [0.25, 0.3) is 5.91 Å². The molecule has 3 aromatic carbocycles. The van der Waals surface area contributed by atoms with Gasteiger partial charge in [-0.15, -0.1) is 0 Å². The summed E-state index contributed by atoms with van der Waals surface area (Å²) in [5.41, 5.74) is 1.38. The Labute approximate surface area is 176 Å². The van der Waals surface area contributed by atoms with E-state index in [1.54, 1.807) is 18.2 Å². The third-order valence-electron chi connectivity index (χ3n) is 4.00. The van der Waals surface area contributed by atoms with Crippen LogP contribution in [0.5, 0.6) is 5.75 Å². The molecule has 6 heteroatoms. The summed E-state index contributed by atoms with van der Waals surface area (Å²) in [5.74, 6) is -0.762. The van der Waals surface area contributed by atoms with Crippen LogP contribution in [0, 0.1) is 17.1 Å². The van der Waals surface area contributed by atoms with Gasteiger partial charge in [-0.05, 0) is 42.0 Å². The van der Waals surface area contributed by atoms with Crippen molar-refractivity contribution in [1.82, 2.24) is 0 Å². The third-order valence-corrected chi connectivity index (χ3v) is 4.49. The van der Waals surface area contributed by atoms with E-state index >= 15 is 0 Å². The van der Waals surface area contributed by atoms with Crippen LogP contribution in [0.25, 0.3) is 6.08 Å². The fourth-order valence-corrected chi connectivity index (χ4v) is 2.93. The number of amides is 1. The predicted octanol–water partition coefficient (Wildman–Crippen LogP) is 5.71. The van der Waals surface area contributed by atoms with Crippen molar-refractivity contribution < 1.29 is 13.9 Å². The van der Waals surface area contributed by atoms with Gasteiger partial charge in [0.1, 0.15) is 29.8 Å². The summed E-state index contributed by atoms with van der Waals surface area (Å²) in [4.78, 5) is 12.5. The average Bonchev–Trinajstić information content (AvgIpc) is 2.73. The van der Waals surface area contributed by atoms with Crippen LogP contribution in [0.15, 0.2) is 82.8 Å². The summed E-state index contributed by atoms with van der Waals surface area (Å²) in [6.45, 7) is 0.340. The van der Waals surface area contributed by atoms with Crippen molar-refractivity contribution in [2.24, 2.45) is 0 Å². The highest BCUT2D eigenvalue weighted by Crippen LogP contribution is 2.27. The topological polar surface area (TPSA) is 62.1 Å². The van der Waals surface area contributed by atoms with Crippen molar-refractivity contribution in [2.75, 3.05) is 5.32 Å². The number of hydrogen-bond donors (Lipinski definition) is 1. The van der Waals surface area contributed by atoms with Gasteiger partial charge < -0.3 is 10.1 Å². The zero-order chi connectivity index (χ0) is 20.6. The molecular weight excluding hydrogens is 435 g/mol. The van der Waals surface area contributed by atoms with Crippen molar-refractivity contribution in [3.8, 4) is 11.8 Å². The molecule has 3 rings (SSSR count). The molecule has 0 unspecified atom stereocenters. The Kier molecular flexibility index (Phi) is 6.77. The smallest absolute Gasteiger partial charge is 0.266 e. The Morgan fingerprint density at radius 3 is 2.55 bits per heavy atom. The number of benzene rings is 3. The molecule has 144 valence electrons. The molecule has 0 saturated heterocycles. The van der Waals surface area contributed by atoms with Crippen molar-refractivity contribution in [1.29, 1.82) is 5.26 Å². The molecule has 0 aliphatic rings. The number of ether oxygens (including phenoxy) is 1. The number of nitrogens with zero attached hydrogens (tertiary/aromatic N) is 1. The average molecular weight is 451 g/mol. The maximum absolute atomic E-state index is 13.8. The number of para-hydroxylation sites is 1. The summed E-state index contributed by atoms with van der Waals surface area (Å²) < 4.78 is 20.4. The second-order valence-electron chi connectivity index (χ2n) is 6.06. The Morgan fingerprint density at radius 2 is 1.83 bits per heavy atom. The first kappa shape index (κ1) is 20.3. The summed E-state index contributed by atoms with van der Waals surface area (Å²) in [6, 6.07) is 22.6. The number of halogens is 2. The lowest BCUT2D eigenvalue weighted by Gasteiger charge is -2.11. The zero-order valence-corrected chi connectivity index (χ0v) is 16.8. The van der Waals surface area contributed by atoms with Gasteiger partial charge in [0, 0.05) is 10.0 Å². The largest absolute Gasteiger partial charge is 0.488 e. The minimum Gasteiger partial charge on any atom is -0.488 e. The second kappa shape index (κ2) is 9.67. The molecule has 0 aromatic heterocycles. The fourth-order valence-electron chi connectivity index (χ4n) is 2.56. The number of rotatable bonds is 6. The van der Waals surface area contributed by atoms with Crippen molar-refractivity contribution in [2.45, 2.75) is 6.61 Å². The molecule has 0 aliphatic carbocycles. The van der Waals surface area contributed by atoms with Crippen LogP contribution in [0.3, 0.4) is 0 Å². The molecule has 0 heterocycles. The summed E-state index contributed by atoms with van der Waals surface area (Å²) >= 11 is 3.39. The van der Waals surface area contributed by atoms with Crippen LogP contribution in [0.2, 0.25) is 0 Å². The molecule has 0 spiro atoms. The van der Waals surface area contributed by atoms with E-state index < -0.39 is 11.7 Å². The van der Waals surface area contributed by atoms with Gasteiger partial charge in [-0.25, -0.2) is 4.39 Å². The fraction of sp³-hybridized carbons (Fsp3) is 0.0435. The molecule has 0 aliphatic heterocycles. The lowest BCUT2D eigenvalue weighted by molar-refractivity contribution is -0.112. The highest BCUT2D eigenvalue weighted by molar-refractivity contribution is 9.10. The standard InChI is InChI=1S/C23H16BrFN2O2/c24-19-10-11-22(29-15-16-6-2-1-3-7-16)17(13-19)12-18(14-26)23(28)27-21-9-5-4-8-20(21)25/h1-13H,15H2,(H,27,28)/b18-12-. The molecule has 29 heavy (non-hydrogen) atoms. The van der Waals surface area contributed by atoms with E-state index in [4.69, 9.17) is 4.74 Å². The van der Waals surface area contributed by atoms with Crippen molar-refractivity contribution in [3.05, 3.63) is 99.8 Å². The summed E-state index contributed by atoms with van der Waals surface area (Å²) in [7, 11) is 0. The molecule has 1 N–H and O–H groups in total. The molecule has 0 bridgehead atoms. The number of carbonyl (C=O) groups excluding carboxylic acids is 1. The van der Waals surface area contributed by atoms with Crippen LogP contribution in [0.1, 0.15) is 11.1 Å². The van der Waals surface area contributed by atoms with E-state index in [9.17, 15) is 14.4 Å². The van der Waals surface area contributed by atoms with Crippen molar-refractivity contribution >= 4 is 33.6 Å². The molecule has 0 fully saturated rings. The first-order chi connectivity index (χ1) is 14.1. The SMILES string of the molecule is N#C/C(=C/c1cc(Br)ccc1OCc1ccccc1)C(=O)Nc1ccccc1F. The molecule has 3 aromatic rings. The van der Waals surface area contributed by atoms with E-state index in [1.807, 2.05) is 42.5 Å². The second-order valence-corrected chi connectivity index (χ2v) is 6.98. The molecule has 0 saturated carbocycles. The lowest BCUT2D eigenvalue weighted by atomic mass is 10.1. The van der Waals surface area contributed by atoms with Gasteiger partial charge in [-0.1, -0.05) is 58.4 Å². The first-order valence-corrected chi connectivity index (χ1v) is 9.50. The maximum atomic E-state index is 13.8. The van der Waals surface area contributed by atoms with Crippen LogP contribution in [0.4, 0.5) is 10.1 Å². The van der Waals surface area contributed by atoms with Crippen LogP contribution >= 0.6 is 15.9 Å². The van der Waals surface area contributed by atoms with Gasteiger partial charge in [0.2, 0.25) is 0 Å². The zero-order valence-electron chi connectivity index (χ0n) is 15.2. The van der Waals surface area contributed by atoms with Crippen LogP contribution < -0.4 is 10.1 Å². The first-order valence-electron chi connectivity index (χ1n) is 8.71. The van der Waals surface area contributed by atoms with E-state index in [-0.39, 0.29) is 11.3 Å². The minimum atomic E-state index is -0.702. The quantitative estimate of drug-likeness (QED) is 0.386. The van der Waals surface area contributed by atoms with E-state index in [2.05, 4.69) is 21.2 Å². The highest BCUT2D eigenvalue weighted by Gasteiger charge is 2.13. The van der Waals surface area contributed by atoms with Crippen LogP contribution in [-0.4, -0.2) is 5.91 Å². The lowest BCUT2D eigenvalue weighted by Crippen LogP contribution is -2.14. The Hall–Kier alpha value is -3.43. The van der Waals surface area contributed by atoms with Gasteiger partial charge in [0.05, 0.1) is 5.69 Å². The highest BCUT2D eigenvalue weighted by atomic mass is 79.9. The normalized spacial score (nSPS) is 10.9. The van der Waals surface area contributed by atoms with Gasteiger partial charge >= 0.3 is 0 Å². The number of nitriles is 1. The van der Waals surface area contributed by atoms with E-state index in [1.165, 1.54) is 24.3 Å². The molecular formula is C23H16BrFN2O2. The van der Waals surface area contributed by atoms with Crippen LogP contribution in [-0.2, 0) is 11.4 Å². The third kappa shape index (κ3) is 5.53. The Bertz CT molecular complexity index is 1090. The number of anilines is 1. The molecule has 0 atom stereocenters. The summed E-state index contributed by atoms with van der Waals surface area (Å²) in [5, 5.41) is 11.9. The maximum Gasteiger partial charge on any atom is 0.266 e. The molecule has 4 nitrogen and oxygen atoms in total. The molecule has 1 amide bonds. The van der Waals surface area contributed by atoms with Gasteiger partial charge in [0.15, 0.2) is 0 Å². The van der Waals surface area contributed by atoms with Gasteiger partial charge in [-0.3, -0.25) is 4.79 Å².